The highest BCUT2D eigenvalue weighted by Crippen LogP contribution is 2.29. The van der Waals surface area contributed by atoms with Crippen LogP contribution in [0, 0.1) is 0 Å². The average molecular weight is 422 g/mol. The average Bonchev–Trinajstić information content (AvgIpc) is 3.23. The number of fused-ring (bicyclic) bond motifs is 1. The number of carbonyl (C=O) groups excluding carboxylic acids is 2. The lowest BCUT2D eigenvalue weighted by atomic mass is 10.1. The van der Waals surface area contributed by atoms with Gasteiger partial charge in [0.2, 0.25) is 0 Å². The summed E-state index contributed by atoms with van der Waals surface area (Å²) in [6.07, 6.45) is 5.05. The summed E-state index contributed by atoms with van der Waals surface area (Å²) >= 11 is 0. The summed E-state index contributed by atoms with van der Waals surface area (Å²) in [7, 11) is 1.57. The number of nitrogens with zero attached hydrogens (tertiary/aromatic N) is 3. The first kappa shape index (κ1) is 20.8. The highest BCUT2D eigenvalue weighted by atomic mass is 16.5. The van der Waals surface area contributed by atoms with Crippen molar-refractivity contribution in [1.82, 2.24) is 20.1 Å². The van der Waals surface area contributed by atoms with E-state index in [1.807, 2.05) is 6.92 Å². The Kier molecular flexibility index (Phi) is 6.13. The minimum Gasteiger partial charge on any atom is -0.381 e. The lowest BCUT2D eigenvalue weighted by Gasteiger charge is -2.25. The number of benzene rings is 1. The summed E-state index contributed by atoms with van der Waals surface area (Å²) < 4.78 is 7.27. The molecule has 0 spiro atoms. The molecule has 2 aromatic heterocycles. The maximum absolute atomic E-state index is 13.2. The van der Waals surface area contributed by atoms with Crippen molar-refractivity contribution in [3.8, 4) is 0 Å². The van der Waals surface area contributed by atoms with Crippen molar-refractivity contribution in [3.05, 3.63) is 47.8 Å². The number of hydrogen-bond acceptors (Lipinski definition) is 6. The number of carbonyl (C=O) groups is 2. The lowest BCUT2D eigenvalue weighted by molar-refractivity contribution is 0.0904. The highest BCUT2D eigenvalue weighted by molar-refractivity contribution is 6.12. The fourth-order valence-corrected chi connectivity index (χ4v) is 3.71. The molecule has 1 fully saturated rings. The number of pyridine rings is 1. The molecule has 0 saturated carbocycles. The molecule has 1 aliphatic rings. The van der Waals surface area contributed by atoms with Gasteiger partial charge in [-0.05, 0) is 38.0 Å². The van der Waals surface area contributed by atoms with Crippen molar-refractivity contribution in [3.63, 3.8) is 0 Å². The minimum atomic E-state index is -0.303. The standard InChI is InChI=1S/C22H26N6O3/c1-3-28-20-17(13-25-28)19(26-15-7-9-31-10-8-15)18(12-24-20)22(30)27-16-6-4-5-14(11-16)21(29)23-2/h4-6,11-13,15H,3,7-10H2,1-2H3,(H,23,29)(H,24,26)(H,27,30). The quantitative estimate of drug-likeness (QED) is 0.563. The van der Waals surface area contributed by atoms with Gasteiger partial charge in [0.1, 0.15) is 0 Å². The van der Waals surface area contributed by atoms with Crippen LogP contribution in [0.3, 0.4) is 0 Å². The van der Waals surface area contributed by atoms with Crippen molar-refractivity contribution >= 4 is 34.2 Å². The molecular formula is C22H26N6O3. The van der Waals surface area contributed by atoms with Crippen LogP contribution in [0.15, 0.2) is 36.7 Å². The molecule has 1 saturated heterocycles. The molecule has 1 aromatic carbocycles. The van der Waals surface area contributed by atoms with E-state index < -0.39 is 0 Å². The van der Waals surface area contributed by atoms with E-state index in [1.54, 1.807) is 48.4 Å². The molecule has 9 nitrogen and oxygen atoms in total. The number of anilines is 2. The van der Waals surface area contributed by atoms with E-state index in [0.717, 1.165) is 29.6 Å². The summed E-state index contributed by atoms with van der Waals surface area (Å²) in [5.41, 5.74) is 2.89. The van der Waals surface area contributed by atoms with Crippen LogP contribution in [0.1, 0.15) is 40.5 Å². The fourth-order valence-electron chi connectivity index (χ4n) is 3.71. The molecule has 1 aliphatic heterocycles. The molecular weight excluding hydrogens is 396 g/mol. The zero-order valence-corrected chi connectivity index (χ0v) is 17.6. The molecule has 162 valence electrons. The van der Waals surface area contributed by atoms with Crippen molar-refractivity contribution in [2.75, 3.05) is 30.9 Å². The number of aryl methyl sites for hydroxylation is 1. The predicted molar refractivity (Wildman–Crippen MR) is 118 cm³/mol. The SMILES string of the molecule is CCn1ncc2c(NC3CCOCC3)c(C(=O)Nc3cccc(C(=O)NC)c3)cnc21. The first-order valence-electron chi connectivity index (χ1n) is 10.4. The van der Waals surface area contributed by atoms with Gasteiger partial charge < -0.3 is 20.7 Å². The van der Waals surface area contributed by atoms with E-state index in [0.29, 0.717) is 36.6 Å². The van der Waals surface area contributed by atoms with Crippen LogP contribution in [0.5, 0.6) is 0 Å². The molecule has 0 bridgehead atoms. The summed E-state index contributed by atoms with van der Waals surface area (Å²) in [5.74, 6) is -0.518. The Bertz CT molecular complexity index is 1100. The van der Waals surface area contributed by atoms with Gasteiger partial charge in [0.05, 0.1) is 22.8 Å². The van der Waals surface area contributed by atoms with Gasteiger partial charge in [-0.1, -0.05) is 6.07 Å². The highest BCUT2D eigenvalue weighted by Gasteiger charge is 2.22. The number of aromatic nitrogens is 3. The van der Waals surface area contributed by atoms with E-state index in [-0.39, 0.29) is 17.9 Å². The summed E-state index contributed by atoms with van der Waals surface area (Å²) in [6.45, 7) is 4.06. The fraction of sp³-hybridized carbons (Fsp3) is 0.364. The zero-order valence-electron chi connectivity index (χ0n) is 17.6. The Morgan fingerprint density at radius 1 is 1.19 bits per heavy atom. The Hall–Kier alpha value is -3.46. The van der Waals surface area contributed by atoms with E-state index in [2.05, 4.69) is 26.0 Å². The number of ether oxygens (including phenoxy) is 1. The first-order chi connectivity index (χ1) is 15.1. The van der Waals surface area contributed by atoms with Gasteiger partial charge in [-0.3, -0.25) is 9.59 Å². The third-order valence-electron chi connectivity index (χ3n) is 5.39. The second-order valence-electron chi connectivity index (χ2n) is 7.39. The van der Waals surface area contributed by atoms with Crippen LogP contribution in [0.2, 0.25) is 0 Å². The largest absolute Gasteiger partial charge is 0.381 e. The van der Waals surface area contributed by atoms with E-state index in [1.165, 1.54) is 0 Å². The van der Waals surface area contributed by atoms with Crippen LogP contribution in [0.25, 0.3) is 11.0 Å². The van der Waals surface area contributed by atoms with Crippen molar-refractivity contribution in [2.45, 2.75) is 32.4 Å². The maximum Gasteiger partial charge on any atom is 0.259 e. The van der Waals surface area contributed by atoms with Gasteiger partial charge in [-0.25, -0.2) is 9.67 Å². The first-order valence-corrected chi connectivity index (χ1v) is 10.4. The molecule has 0 atom stereocenters. The summed E-state index contributed by atoms with van der Waals surface area (Å²) in [5, 5.41) is 14.2. The molecule has 3 N–H and O–H groups in total. The topological polar surface area (TPSA) is 110 Å². The van der Waals surface area contributed by atoms with Crippen molar-refractivity contribution in [2.24, 2.45) is 0 Å². The smallest absolute Gasteiger partial charge is 0.259 e. The number of nitrogens with one attached hydrogen (secondary N) is 3. The van der Waals surface area contributed by atoms with Gasteiger partial charge >= 0.3 is 0 Å². The predicted octanol–water partition coefficient (Wildman–Crippen LogP) is 2.65. The normalized spacial score (nSPS) is 14.4. The van der Waals surface area contributed by atoms with Crippen LogP contribution < -0.4 is 16.0 Å². The molecule has 0 unspecified atom stereocenters. The number of hydrogen-bond donors (Lipinski definition) is 3. The Labute approximate surface area is 180 Å². The molecule has 0 radical (unpaired) electrons. The Morgan fingerprint density at radius 2 is 2.00 bits per heavy atom. The monoisotopic (exact) mass is 422 g/mol. The molecule has 0 aliphatic carbocycles. The zero-order chi connectivity index (χ0) is 21.8. The summed E-state index contributed by atoms with van der Waals surface area (Å²) in [4.78, 5) is 29.6. The van der Waals surface area contributed by atoms with E-state index in [9.17, 15) is 9.59 Å². The van der Waals surface area contributed by atoms with Crippen LogP contribution in [-0.2, 0) is 11.3 Å². The molecule has 31 heavy (non-hydrogen) atoms. The van der Waals surface area contributed by atoms with Gasteiger partial charge in [-0.15, -0.1) is 0 Å². The number of rotatable bonds is 6. The molecule has 4 rings (SSSR count). The maximum atomic E-state index is 13.2. The molecule has 3 aromatic rings. The second kappa shape index (κ2) is 9.13. The third-order valence-corrected chi connectivity index (χ3v) is 5.39. The van der Waals surface area contributed by atoms with Crippen LogP contribution in [0.4, 0.5) is 11.4 Å². The van der Waals surface area contributed by atoms with Gasteiger partial charge in [0.25, 0.3) is 11.8 Å². The summed E-state index contributed by atoms with van der Waals surface area (Å²) in [6, 6.07) is 7.01. The van der Waals surface area contributed by atoms with Gasteiger partial charge in [0, 0.05) is 50.3 Å². The van der Waals surface area contributed by atoms with Crippen LogP contribution >= 0.6 is 0 Å². The van der Waals surface area contributed by atoms with Crippen LogP contribution in [-0.4, -0.2) is 52.9 Å². The van der Waals surface area contributed by atoms with Gasteiger partial charge in [-0.2, -0.15) is 5.10 Å². The van der Waals surface area contributed by atoms with Gasteiger partial charge in [0.15, 0.2) is 5.65 Å². The Morgan fingerprint density at radius 3 is 2.74 bits per heavy atom. The Balaban J connectivity index is 1.68. The minimum absolute atomic E-state index is 0.201. The van der Waals surface area contributed by atoms with Crippen molar-refractivity contribution in [1.29, 1.82) is 0 Å². The van der Waals surface area contributed by atoms with E-state index in [4.69, 9.17) is 4.74 Å². The van der Waals surface area contributed by atoms with E-state index >= 15 is 0 Å². The number of amides is 2. The third kappa shape index (κ3) is 4.36. The molecule has 9 heteroatoms. The lowest BCUT2D eigenvalue weighted by Crippen LogP contribution is -2.29. The van der Waals surface area contributed by atoms with Crippen molar-refractivity contribution < 1.29 is 14.3 Å². The molecule has 3 heterocycles. The molecule has 2 amide bonds. The second-order valence-corrected chi connectivity index (χ2v) is 7.39.